The maximum atomic E-state index is 5.52. The van der Waals surface area contributed by atoms with Crippen molar-refractivity contribution in [1.82, 2.24) is 0 Å². The Morgan fingerprint density at radius 3 is 2.64 bits per heavy atom. The molecule has 1 fully saturated rings. The molecule has 2 N–H and O–H groups in total. The lowest BCUT2D eigenvalue weighted by Crippen LogP contribution is -2.03. The summed E-state index contributed by atoms with van der Waals surface area (Å²) in [7, 11) is 0. The van der Waals surface area contributed by atoms with Gasteiger partial charge in [0.1, 0.15) is 0 Å². The van der Waals surface area contributed by atoms with E-state index in [1.54, 1.807) is 0 Å². The molecule has 1 heterocycles. The lowest BCUT2D eigenvalue weighted by Gasteiger charge is -2.09. The molecule has 1 atom stereocenters. The number of nitrogens with two attached hydrogens (primary N) is 1. The molecule has 0 saturated carbocycles. The fourth-order valence-corrected chi connectivity index (χ4v) is 3.18. The average Bonchev–Trinajstić information content (AvgIpc) is 2.72. The van der Waals surface area contributed by atoms with Gasteiger partial charge in [0, 0.05) is 5.75 Å². The van der Waals surface area contributed by atoms with Crippen molar-refractivity contribution < 1.29 is 0 Å². The average molecular weight is 207 g/mol. The van der Waals surface area contributed by atoms with Crippen molar-refractivity contribution in [1.29, 1.82) is 0 Å². The Morgan fingerprint density at radius 1 is 1.29 bits per heavy atom. The summed E-state index contributed by atoms with van der Waals surface area (Å²) in [6, 6.07) is 9.01. The highest BCUT2D eigenvalue weighted by Crippen LogP contribution is 2.32. The SMILES string of the molecule is NCCc1ccc(C2CCSC2)cc1. The number of thioether (sulfide) groups is 1. The maximum absolute atomic E-state index is 5.52. The first-order valence-corrected chi connectivity index (χ1v) is 6.42. The van der Waals surface area contributed by atoms with Crippen molar-refractivity contribution in [2.75, 3.05) is 18.1 Å². The van der Waals surface area contributed by atoms with Gasteiger partial charge >= 0.3 is 0 Å². The summed E-state index contributed by atoms with van der Waals surface area (Å²) in [5.74, 6) is 3.43. The second-order valence-electron chi connectivity index (χ2n) is 3.84. The van der Waals surface area contributed by atoms with E-state index in [1.165, 1.54) is 29.1 Å². The first kappa shape index (κ1) is 10.1. The molecule has 0 spiro atoms. The Bertz CT molecular complexity index is 275. The van der Waals surface area contributed by atoms with Gasteiger partial charge in [-0.2, -0.15) is 11.8 Å². The quantitative estimate of drug-likeness (QED) is 0.823. The van der Waals surface area contributed by atoms with Crippen LogP contribution in [0.5, 0.6) is 0 Å². The van der Waals surface area contributed by atoms with Gasteiger partial charge in [0.05, 0.1) is 0 Å². The van der Waals surface area contributed by atoms with Crippen LogP contribution in [0.4, 0.5) is 0 Å². The topological polar surface area (TPSA) is 26.0 Å². The molecule has 1 saturated heterocycles. The highest BCUT2D eigenvalue weighted by atomic mass is 32.2. The van der Waals surface area contributed by atoms with Crippen LogP contribution in [-0.4, -0.2) is 18.1 Å². The molecule has 2 heteroatoms. The van der Waals surface area contributed by atoms with E-state index >= 15 is 0 Å². The van der Waals surface area contributed by atoms with Crippen LogP contribution in [0.3, 0.4) is 0 Å². The summed E-state index contributed by atoms with van der Waals surface area (Å²) in [5.41, 5.74) is 8.39. The third kappa shape index (κ3) is 2.31. The summed E-state index contributed by atoms with van der Waals surface area (Å²) < 4.78 is 0. The van der Waals surface area contributed by atoms with Gasteiger partial charge in [-0.05, 0) is 42.2 Å². The van der Waals surface area contributed by atoms with Gasteiger partial charge in [0.15, 0.2) is 0 Å². The zero-order valence-electron chi connectivity index (χ0n) is 8.41. The van der Waals surface area contributed by atoms with Crippen molar-refractivity contribution in [2.24, 2.45) is 5.73 Å². The van der Waals surface area contributed by atoms with E-state index in [-0.39, 0.29) is 0 Å². The van der Waals surface area contributed by atoms with Crippen molar-refractivity contribution in [3.05, 3.63) is 35.4 Å². The minimum Gasteiger partial charge on any atom is -0.330 e. The molecule has 1 aliphatic heterocycles. The monoisotopic (exact) mass is 207 g/mol. The molecule has 14 heavy (non-hydrogen) atoms. The van der Waals surface area contributed by atoms with E-state index in [4.69, 9.17) is 5.73 Å². The lowest BCUT2D eigenvalue weighted by molar-refractivity contribution is 0.781. The number of hydrogen-bond acceptors (Lipinski definition) is 2. The second kappa shape index (κ2) is 4.85. The van der Waals surface area contributed by atoms with Crippen LogP contribution in [0, 0.1) is 0 Å². The van der Waals surface area contributed by atoms with Crippen molar-refractivity contribution >= 4 is 11.8 Å². The van der Waals surface area contributed by atoms with Crippen LogP contribution in [0.25, 0.3) is 0 Å². The molecule has 1 unspecified atom stereocenters. The highest BCUT2D eigenvalue weighted by molar-refractivity contribution is 7.99. The normalized spacial score (nSPS) is 21.4. The second-order valence-corrected chi connectivity index (χ2v) is 4.99. The molecule has 0 aromatic heterocycles. The minimum atomic E-state index is 0.749. The Morgan fingerprint density at radius 2 is 2.07 bits per heavy atom. The van der Waals surface area contributed by atoms with Crippen molar-refractivity contribution in [3.63, 3.8) is 0 Å². The number of hydrogen-bond donors (Lipinski definition) is 1. The molecule has 76 valence electrons. The summed E-state index contributed by atoms with van der Waals surface area (Å²) in [4.78, 5) is 0. The predicted molar refractivity (Wildman–Crippen MR) is 63.9 cm³/mol. The van der Waals surface area contributed by atoms with E-state index in [9.17, 15) is 0 Å². The Hall–Kier alpha value is -0.470. The fourth-order valence-electron chi connectivity index (χ4n) is 1.92. The largest absolute Gasteiger partial charge is 0.330 e. The summed E-state index contributed by atoms with van der Waals surface area (Å²) >= 11 is 2.07. The zero-order valence-corrected chi connectivity index (χ0v) is 9.22. The Kier molecular flexibility index (Phi) is 3.49. The van der Waals surface area contributed by atoms with Crippen LogP contribution in [-0.2, 0) is 6.42 Å². The summed E-state index contributed by atoms with van der Waals surface area (Å²) in [6.07, 6.45) is 2.35. The first-order valence-electron chi connectivity index (χ1n) is 5.27. The number of rotatable bonds is 3. The van der Waals surface area contributed by atoms with Gasteiger partial charge in [-0.1, -0.05) is 24.3 Å². The summed E-state index contributed by atoms with van der Waals surface area (Å²) in [5, 5.41) is 0. The van der Waals surface area contributed by atoms with Gasteiger partial charge in [0.2, 0.25) is 0 Å². The third-order valence-corrected chi connectivity index (χ3v) is 3.98. The molecule has 1 aliphatic rings. The van der Waals surface area contributed by atoms with E-state index in [0.717, 1.165) is 18.9 Å². The molecule has 0 radical (unpaired) electrons. The standard InChI is InChI=1S/C12H17NS/c13-7-5-10-1-3-11(4-2-10)12-6-8-14-9-12/h1-4,12H,5-9,13H2. The molecular formula is C12H17NS. The smallest absolute Gasteiger partial charge is 0.000177 e. The first-order chi connectivity index (χ1) is 6.90. The molecule has 0 amide bonds. The number of benzene rings is 1. The van der Waals surface area contributed by atoms with Crippen molar-refractivity contribution in [2.45, 2.75) is 18.8 Å². The third-order valence-electron chi connectivity index (χ3n) is 2.81. The molecule has 1 aromatic rings. The molecule has 2 rings (SSSR count). The Labute approximate surface area is 90.1 Å². The van der Waals surface area contributed by atoms with Gasteiger partial charge in [-0.25, -0.2) is 0 Å². The van der Waals surface area contributed by atoms with E-state index in [2.05, 4.69) is 36.0 Å². The molecule has 0 bridgehead atoms. The summed E-state index contributed by atoms with van der Waals surface area (Å²) in [6.45, 7) is 0.749. The van der Waals surface area contributed by atoms with Crippen LogP contribution >= 0.6 is 11.8 Å². The van der Waals surface area contributed by atoms with Crippen molar-refractivity contribution in [3.8, 4) is 0 Å². The molecular weight excluding hydrogens is 190 g/mol. The van der Waals surface area contributed by atoms with Crippen LogP contribution in [0.15, 0.2) is 24.3 Å². The zero-order chi connectivity index (χ0) is 9.80. The predicted octanol–water partition coefficient (Wildman–Crippen LogP) is 2.41. The van der Waals surface area contributed by atoms with E-state index in [0.29, 0.717) is 0 Å². The molecule has 0 aliphatic carbocycles. The van der Waals surface area contributed by atoms with Crippen LogP contribution in [0.1, 0.15) is 23.5 Å². The van der Waals surface area contributed by atoms with Gasteiger partial charge in [-0.15, -0.1) is 0 Å². The van der Waals surface area contributed by atoms with Gasteiger partial charge in [0.25, 0.3) is 0 Å². The van der Waals surface area contributed by atoms with E-state index in [1.807, 2.05) is 0 Å². The van der Waals surface area contributed by atoms with Gasteiger partial charge < -0.3 is 5.73 Å². The molecule has 1 aromatic carbocycles. The maximum Gasteiger partial charge on any atom is 0.000177 e. The fraction of sp³-hybridized carbons (Fsp3) is 0.500. The van der Waals surface area contributed by atoms with Crippen LogP contribution < -0.4 is 5.73 Å². The van der Waals surface area contributed by atoms with E-state index < -0.39 is 0 Å². The van der Waals surface area contributed by atoms with Gasteiger partial charge in [-0.3, -0.25) is 0 Å². The lowest BCUT2D eigenvalue weighted by atomic mass is 9.97. The minimum absolute atomic E-state index is 0.749. The molecule has 1 nitrogen and oxygen atoms in total. The highest BCUT2D eigenvalue weighted by Gasteiger charge is 2.16. The Balaban J connectivity index is 2.05. The van der Waals surface area contributed by atoms with Crippen LogP contribution in [0.2, 0.25) is 0 Å².